The molecule has 0 spiro atoms. The third-order valence-corrected chi connectivity index (χ3v) is 5.99. The number of H-pyrrole nitrogens is 1. The summed E-state index contributed by atoms with van der Waals surface area (Å²) in [6.45, 7) is 1.75. The van der Waals surface area contributed by atoms with E-state index in [0.717, 1.165) is 0 Å². The van der Waals surface area contributed by atoms with E-state index < -0.39 is 23.7 Å². The lowest BCUT2D eigenvalue weighted by atomic mass is 10.1. The van der Waals surface area contributed by atoms with Crippen molar-refractivity contribution in [2.75, 3.05) is 11.1 Å². The molecule has 0 bridgehead atoms. The molecule has 4 N–H and O–H groups in total. The van der Waals surface area contributed by atoms with Crippen molar-refractivity contribution in [3.8, 4) is 0 Å². The van der Waals surface area contributed by atoms with Crippen molar-refractivity contribution in [3.63, 3.8) is 0 Å². The van der Waals surface area contributed by atoms with Gasteiger partial charge in [-0.05, 0) is 25.8 Å². The van der Waals surface area contributed by atoms with E-state index in [1.165, 1.54) is 16.2 Å². The van der Waals surface area contributed by atoms with Gasteiger partial charge in [0.15, 0.2) is 11.5 Å². The maximum absolute atomic E-state index is 14.0. The van der Waals surface area contributed by atoms with Crippen LogP contribution in [0.25, 0.3) is 11.0 Å². The minimum atomic E-state index is -1.05. The number of amidine groups is 1. The fourth-order valence-electron chi connectivity index (χ4n) is 4.03. The first-order chi connectivity index (χ1) is 16.8. The van der Waals surface area contributed by atoms with Crippen LogP contribution in [0.1, 0.15) is 26.2 Å². The number of hydrogen-bond acceptors (Lipinski definition) is 9. The lowest BCUT2D eigenvalue weighted by molar-refractivity contribution is -0.124. The maximum atomic E-state index is 14.0. The molecule has 2 aromatic rings. The predicted octanol–water partition coefficient (Wildman–Crippen LogP) is 2.49. The Hall–Kier alpha value is -4.06. The molecule has 1 amide bonds. The summed E-state index contributed by atoms with van der Waals surface area (Å²) < 4.78 is 14.0. The topological polar surface area (TPSA) is 145 Å². The van der Waals surface area contributed by atoms with E-state index in [4.69, 9.17) is 17.3 Å². The smallest absolute Gasteiger partial charge is 0.283 e. The minimum absolute atomic E-state index is 0.0804. The van der Waals surface area contributed by atoms with Gasteiger partial charge in [0.1, 0.15) is 23.1 Å². The second kappa shape index (κ2) is 8.95. The van der Waals surface area contributed by atoms with E-state index in [-0.39, 0.29) is 47.2 Å². The summed E-state index contributed by atoms with van der Waals surface area (Å²) in [6.07, 6.45) is 9.42. The van der Waals surface area contributed by atoms with E-state index in [1.54, 1.807) is 37.4 Å². The van der Waals surface area contributed by atoms with Gasteiger partial charge in [-0.1, -0.05) is 29.8 Å². The molecule has 13 heteroatoms. The van der Waals surface area contributed by atoms with Crippen molar-refractivity contribution < 1.29 is 9.18 Å². The van der Waals surface area contributed by atoms with Crippen LogP contribution in [0.3, 0.4) is 0 Å². The van der Waals surface area contributed by atoms with Crippen molar-refractivity contribution in [2.45, 2.75) is 38.4 Å². The van der Waals surface area contributed by atoms with Gasteiger partial charge >= 0.3 is 0 Å². The van der Waals surface area contributed by atoms with Gasteiger partial charge < -0.3 is 16.0 Å². The second-order valence-corrected chi connectivity index (χ2v) is 8.57. The quantitative estimate of drug-likeness (QED) is 0.584. The van der Waals surface area contributed by atoms with Crippen molar-refractivity contribution in [2.24, 2.45) is 5.10 Å². The Balaban J connectivity index is 1.60. The van der Waals surface area contributed by atoms with Crippen LogP contribution in [0.2, 0.25) is 0 Å². The highest BCUT2D eigenvalue weighted by Crippen LogP contribution is 2.32. The molecular weight excluding hydrogens is 477 g/mol. The van der Waals surface area contributed by atoms with E-state index in [9.17, 15) is 14.0 Å². The van der Waals surface area contributed by atoms with Crippen molar-refractivity contribution in [1.82, 2.24) is 29.8 Å². The Kier molecular flexibility index (Phi) is 5.81. The number of nitrogens with zero attached hydrogens (tertiary/aromatic N) is 6. The molecular formula is C22H21ClFN9O2. The van der Waals surface area contributed by atoms with E-state index in [1.807, 2.05) is 0 Å². The third-order valence-electron chi connectivity index (χ3n) is 5.65. The number of nitrogens with two attached hydrogens (primary N) is 1. The van der Waals surface area contributed by atoms with Gasteiger partial charge in [-0.2, -0.15) is 15.1 Å². The highest BCUT2D eigenvalue weighted by Gasteiger charge is 2.38. The number of nitrogens with one attached hydrogen (secondary N) is 2. The molecule has 5 rings (SSSR count). The van der Waals surface area contributed by atoms with E-state index in [0.29, 0.717) is 17.2 Å². The van der Waals surface area contributed by atoms with Gasteiger partial charge in [0.05, 0.1) is 17.4 Å². The summed E-state index contributed by atoms with van der Waals surface area (Å²) in [5, 5.41) is 9.64. The first kappa shape index (κ1) is 22.7. The Bertz CT molecular complexity index is 1430. The zero-order chi connectivity index (χ0) is 24.7. The minimum Gasteiger partial charge on any atom is -0.368 e. The number of nitrogen functional groups attached to an aromatic ring is 1. The Morgan fingerprint density at radius 1 is 1.29 bits per heavy atom. The number of alkyl halides is 1. The van der Waals surface area contributed by atoms with Gasteiger partial charge in [-0.25, -0.2) is 14.4 Å². The molecule has 0 fully saturated rings. The summed E-state index contributed by atoms with van der Waals surface area (Å²) in [4.78, 5) is 42.3. The number of anilines is 2. The number of carbonyl (C=O) groups excluding carboxylic acids is 1. The fourth-order valence-corrected chi connectivity index (χ4v) is 4.28. The molecule has 4 heterocycles. The summed E-state index contributed by atoms with van der Waals surface area (Å²) in [5.74, 6) is -0.0678. The number of halogens is 2. The number of carbonyl (C=O) groups is 1. The van der Waals surface area contributed by atoms with Gasteiger partial charge in [-0.15, -0.1) is 0 Å². The lowest BCUT2D eigenvalue weighted by Gasteiger charge is -2.37. The van der Waals surface area contributed by atoms with Crippen LogP contribution in [0.15, 0.2) is 63.2 Å². The van der Waals surface area contributed by atoms with Gasteiger partial charge in [0.25, 0.3) is 11.5 Å². The van der Waals surface area contributed by atoms with Crippen LogP contribution in [-0.4, -0.2) is 53.8 Å². The predicted molar refractivity (Wildman–Crippen MR) is 130 cm³/mol. The molecule has 11 nitrogen and oxygen atoms in total. The van der Waals surface area contributed by atoms with Gasteiger partial charge in [-0.3, -0.25) is 14.5 Å². The van der Waals surface area contributed by atoms with Crippen LogP contribution in [0.5, 0.6) is 0 Å². The number of allylic oxidation sites excluding steroid dienone is 5. The zero-order valence-corrected chi connectivity index (χ0v) is 19.3. The average Bonchev–Trinajstić information content (AvgIpc) is 3.02. The first-order valence-corrected chi connectivity index (χ1v) is 11.3. The van der Waals surface area contributed by atoms with Crippen LogP contribution in [0, 0.1) is 0 Å². The largest absolute Gasteiger partial charge is 0.368 e. The number of hydrazone groups is 1. The third kappa shape index (κ3) is 4.16. The van der Waals surface area contributed by atoms with Gasteiger partial charge in [0.2, 0.25) is 5.95 Å². The molecule has 1 aliphatic carbocycles. The normalized spacial score (nSPS) is 21.0. The standard InChI is InChI=1S/C22H21ClFN9O2/c1-11(28-18-15-17(29-22(25)30-18)26-10-27-20(15)34)19-31-32-9-3-6-14(23)16(32)21(35)33(19)13-5-2-4-12(24)7-8-13/h2-3,5,8-12H,4,6-7H2,1H3,(H4,25,26,27,28,29,30,34)/t11-,12?/m0/s1. The van der Waals surface area contributed by atoms with E-state index in [2.05, 4.69) is 30.4 Å². The molecule has 180 valence electrons. The number of hydrogen-bond donors (Lipinski definition) is 3. The number of amides is 1. The van der Waals surface area contributed by atoms with Crippen molar-refractivity contribution in [1.29, 1.82) is 0 Å². The molecule has 2 aliphatic heterocycles. The molecule has 0 saturated carbocycles. The molecule has 0 saturated heterocycles. The summed E-state index contributed by atoms with van der Waals surface area (Å²) in [6, 6.07) is -0.662. The first-order valence-electron chi connectivity index (χ1n) is 10.9. The highest BCUT2D eigenvalue weighted by molar-refractivity contribution is 6.32. The molecule has 2 atom stereocenters. The monoisotopic (exact) mass is 497 g/mol. The summed E-state index contributed by atoms with van der Waals surface area (Å²) >= 11 is 6.38. The van der Waals surface area contributed by atoms with Crippen molar-refractivity contribution >= 4 is 46.1 Å². The van der Waals surface area contributed by atoms with Crippen LogP contribution < -0.4 is 16.6 Å². The maximum Gasteiger partial charge on any atom is 0.283 e. The molecule has 2 aromatic heterocycles. The summed E-state index contributed by atoms with van der Waals surface area (Å²) in [7, 11) is 0. The molecule has 1 unspecified atom stereocenters. The number of rotatable bonds is 4. The Morgan fingerprint density at radius 2 is 2.11 bits per heavy atom. The molecule has 3 aliphatic rings. The van der Waals surface area contributed by atoms with Crippen molar-refractivity contribution in [3.05, 3.63) is 63.6 Å². The van der Waals surface area contributed by atoms with Gasteiger partial charge in [0, 0.05) is 18.3 Å². The van der Waals surface area contributed by atoms with E-state index >= 15 is 0 Å². The lowest BCUT2D eigenvalue weighted by Crippen LogP contribution is -2.51. The average molecular weight is 498 g/mol. The number of aromatic nitrogens is 4. The SMILES string of the molecule is C[C@H](Nc1nc(N)nc2nc[nH]c(=O)c12)C1=NN2C=CCC(Cl)=C2C(=O)N1C1=CCC(F)CC=C1. The fraction of sp³-hybridized carbons (Fsp3) is 0.273. The number of fused-ring (bicyclic) bond motifs is 2. The summed E-state index contributed by atoms with van der Waals surface area (Å²) in [5.41, 5.74) is 6.18. The molecule has 0 aromatic carbocycles. The van der Waals surface area contributed by atoms with Crippen LogP contribution in [0.4, 0.5) is 16.2 Å². The second-order valence-electron chi connectivity index (χ2n) is 8.11. The van der Waals surface area contributed by atoms with Crippen LogP contribution >= 0.6 is 11.6 Å². The molecule has 0 radical (unpaired) electrons. The van der Waals surface area contributed by atoms with Crippen LogP contribution in [-0.2, 0) is 4.79 Å². The number of aromatic amines is 1. The Labute approximate surface area is 203 Å². The molecule has 35 heavy (non-hydrogen) atoms. The zero-order valence-electron chi connectivity index (χ0n) is 18.6. The highest BCUT2D eigenvalue weighted by atomic mass is 35.5. The Morgan fingerprint density at radius 3 is 2.94 bits per heavy atom.